The number of hydrogen-bond donors (Lipinski definition) is 1. The maximum atomic E-state index is 11.8. The Kier molecular flexibility index (Phi) is 3.81. The molecule has 1 amide bonds. The first-order valence-electron chi connectivity index (χ1n) is 7.40. The molecule has 20 heavy (non-hydrogen) atoms. The molecule has 0 spiro atoms. The second kappa shape index (κ2) is 5.73. The highest BCUT2D eigenvalue weighted by Gasteiger charge is 2.27. The summed E-state index contributed by atoms with van der Waals surface area (Å²) < 4.78 is 11.5. The molecule has 1 aliphatic heterocycles. The van der Waals surface area contributed by atoms with Crippen molar-refractivity contribution < 1.29 is 14.3 Å². The Morgan fingerprint density at radius 3 is 2.60 bits per heavy atom. The molecule has 1 aromatic rings. The third-order valence-corrected chi connectivity index (χ3v) is 4.23. The van der Waals surface area contributed by atoms with Gasteiger partial charge < -0.3 is 14.8 Å². The van der Waals surface area contributed by atoms with Crippen LogP contribution in [0.25, 0.3) is 0 Å². The largest absolute Gasteiger partial charge is 0.493 e. The highest BCUT2D eigenvalue weighted by molar-refractivity contribution is 5.85. The zero-order chi connectivity index (χ0) is 13.9. The van der Waals surface area contributed by atoms with E-state index in [0.29, 0.717) is 0 Å². The van der Waals surface area contributed by atoms with Crippen LogP contribution < -0.4 is 14.8 Å². The Morgan fingerprint density at radius 1 is 1.15 bits per heavy atom. The van der Waals surface area contributed by atoms with Gasteiger partial charge in [-0.2, -0.15) is 0 Å². The molecule has 3 rings (SSSR count). The monoisotopic (exact) mass is 275 g/mol. The Labute approximate surface area is 119 Å². The van der Waals surface area contributed by atoms with Crippen LogP contribution in [-0.4, -0.2) is 25.7 Å². The van der Waals surface area contributed by atoms with Gasteiger partial charge in [-0.3, -0.25) is 4.79 Å². The number of rotatable bonds is 4. The van der Waals surface area contributed by atoms with Crippen LogP contribution in [0, 0.1) is 0 Å². The van der Waals surface area contributed by atoms with Crippen LogP contribution in [0.4, 0.5) is 0 Å². The van der Waals surface area contributed by atoms with E-state index in [0.717, 1.165) is 42.9 Å². The van der Waals surface area contributed by atoms with Crippen molar-refractivity contribution in [2.75, 3.05) is 13.7 Å². The minimum absolute atomic E-state index is 0.0492. The zero-order valence-electron chi connectivity index (χ0n) is 11.9. The van der Waals surface area contributed by atoms with Crippen molar-refractivity contribution in [1.82, 2.24) is 5.32 Å². The first-order chi connectivity index (χ1) is 9.78. The highest BCUT2D eigenvalue weighted by Crippen LogP contribution is 2.35. The van der Waals surface area contributed by atoms with E-state index in [1.165, 1.54) is 12.8 Å². The van der Waals surface area contributed by atoms with Crippen LogP contribution in [0.2, 0.25) is 0 Å². The average Bonchev–Trinajstić information content (AvgIpc) is 3.10. The zero-order valence-corrected chi connectivity index (χ0v) is 11.9. The molecule has 2 fully saturated rings. The van der Waals surface area contributed by atoms with Crippen molar-refractivity contribution in [1.29, 1.82) is 0 Å². The van der Waals surface area contributed by atoms with Crippen molar-refractivity contribution in [3.05, 3.63) is 23.8 Å². The smallest absolute Gasteiger partial charge is 0.227 e. The van der Waals surface area contributed by atoms with Gasteiger partial charge in [0, 0.05) is 6.54 Å². The van der Waals surface area contributed by atoms with E-state index in [1.54, 1.807) is 7.11 Å². The summed E-state index contributed by atoms with van der Waals surface area (Å²) in [5, 5.41) is 2.88. The number of carbonyl (C=O) groups is 1. The van der Waals surface area contributed by atoms with E-state index in [-0.39, 0.29) is 17.9 Å². The Morgan fingerprint density at radius 2 is 1.95 bits per heavy atom. The summed E-state index contributed by atoms with van der Waals surface area (Å²) >= 11 is 0. The lowest BCUT2D eigenvalue weighted by atomic mass is 9.97. The van der Waals surface area contributed by atoms with Gasteiger partial charge in [0.15, 0.2) is 11.5 Å². The van der Waals surface area contributed by atoms with Gasteiger partial charge in [0.2, 0.25) is 5.91 Å². The molecule has 1 saturated carbocycles. The quantitative estimate of drug-likeness (QED) is 0.919. The molecule has 1 heterocycles. The SMILES string of the molecule is COc1ccc(C2CCNC2=O)cc1OC1CCCC1. The molecule has 1 aliphatic carbocycles. The van der Waals surface area contributed by atoms with Crippen LogP contribution in [0.3, 0.4) is 0 Å². The van der Waals surface area contributed by atoms with Crippen LogP contribution in [0.15, 0.2) is 18.2 Å². The lowest BCUT2D eigenvalue weighted by Gasteiger charge is -2.18. The molecule has 1 aromatic carbocycles. The minimum Gasteiger partial charge on any atom is -0.493 e. The second-order valence-electron chi connectivity index (χ2n) is 5.57. The predicted octanol–water partition coefficient (Wildman–Crippen LogP) is 2.62. The Balaban J connectivity index is 1.83. The van der Waals surface area contributed by atoms with E-state index >= 15 is 0 Å². The molecule has 0 radical (unpaired) electrons. The van der Waals surface area contributed by atoms with Gasteiger partial charge in [0.05, 0.1) is 19.1 Å². The maximum absolute atomic E-state index is 11.8. The van der Waals surface area contributed by atoms with Gasteiger partial charge in [-0.15, -0.1) is 0 Å². The summed E-state index contributed by atoms with van der Waals surface area (Å²) in [6.07, 6.45) is 5.83. The number of amides is 1. The van der Waals surface area contributed by atoms with Gasteiger partial charge in [-0.25, -0.2) is 0 Å². The van der Waals surface area contributed by atoms with Crippen molar-refractivity contribution in [3.8, 4) is 11.5 Å². The number of carbonyl (C=O) groups excluding carboxylic acids is 1. The summed E-state index contributed by atoms with van der Waals surface area (Å²) in [4.78, 5) is 11.8. The minimum atomic E-state index is -0.0492. The fourth-order valence-corrected chi connectivity index (χ4v) is 3.10. The van der Waals surface area contributed by atoms with Crippen LogP contribution in [-0.2, 0) is 4.79 Å². The van der Waals surface area contributed by atoms with Gasteiger partial charge in [-0.1, -0.05) is 6.07 Å². The van der Waals surface area contributed by atoms with E-state index < -0.39 is 0 Å². The lowest BCUT2D eigenvalue weighted by Crippen LogP contribution is -2.18. The van der Waals surface area contributed by atoms with Gasteiger partial charge in [0.1, 0.15) is 0 Å². The molecule has 2 aliphatic rings. The number of nitrogens with one attached hydrogen (secondary N) is 1. The van der Waals surface area contributed by atoms with Crippen molar-refractivity contribution in [3.63, 3.8) is 0 Å². The summed E-state index contributed by atoms with van der Waals surface area (Å²) in [6, 6.07) is 5.86. The number of ether oxygens (including phenoxy) is 2. The normalized spacial score (nSPS) is 22.9. The van der Waals surface area contributed by atoms with Crippen molar-refractivity contribution in [2.45, 2.75) is 44.1 Å². The fourth-order valence-electron chi connectivity index (χ4n) is 3.10. The third-order valence-electron chi connectivity index (χ3n) is 4.23. The van der Waals surface area contributed by atoms with Gasteiger partial charge in [0.25, 0.3) is 0 Å². The predicted molar refractivity (Wildman–Crippen MR) is 76.2 cm³/mol. The number of hydrogen-bond acceptors (Lipinski definition) is 3. The molecular weight excluding hydrogens is 254 g/mol. The molecular formula is C16H21NO3. The van der Waals surface area contributed by atoms with E-state index in [9.17, 15) is 4.79 Å². The van der Waals surface area contributed by atoms with Gasteiger partial charge >= 0.3 is 0 Å². The molecule has 1 unspecified atom stereocenters. The standard InChI is InChI=1S/C16H21NO3/c1-19-14-7-6-11(13-8-9-17-16(13)18)10-15(14)20-12-4-2-3-5-12/h6-7,10,12-13H,2-5,8-9H2,1H3,(H,17,18). The number of methoxy groups -OCH3 is 1. The van der Waals surface area contributed by atoms with Crippen molar-refractivity contribution >= 4 is 5.91 Å². The van der Waals surface area contributed by atoms with E-state index in [1.807, 2.05) is 18.2 Å². The Hall–Kier alpha value is -1.71. The second-order valence-corrected chi connectivity index (χ2v) is 5.57. The molecule has 108 valence electrons. The lowest BCUT2D eigenvalue weighted by molar-refractivity contribution is -0.120. The van der Waals surface area contributed by atoms with Gasteiger partial charge in [-0.05, 0) is 49.8 Å². The van der Waals surface area contributed by atoms with E-state index in [2.05, 4.69) is 5.32 Å². The molecule has 1 N–H and O–H groups in total. The molecule has 0 aromatic heterocycles. The van der Waals surface area contributed by atoms with Crippen LogP contribution in [0.1, 0.15) is 43.6 Å². The molecule has 4 heteroatoms. The number of benzene rings is 1. The summed E-state index contributed by atoms with van der Waals surface area (Å²) in [6.45, 7) is 0.758. The Bertz CT molecular complexity index is 494. The first kappa shape index (κ1) is 13.3. The highest BCUT2D eigenvalue weighted by atomic mass is 16.5. The molecule has 1 saturated heterocycles. The molecule has 0 bridgehead atoms. The van der Waals surface area contributed by atoms with Crippen LogP contribution >= 0.6 is 0 Å². The van der Waals surface area contributed by atoms with E-state index in [4.69, 9.17) is 9.47 Å². The summed E-state index contributed by atoms with van der Waals surface area (Å²) in [5.41, 5.74) is 1.02. The van der Waals surface area contributed by atoms with Crippen molar-refractivity contribution in [2.24, 2.45) is 0 Å². The molecule has 1 atom stereocenters. The summed E-state index contributed by atoms with van der Waals surface area (Å²) in [7, 11) is 1.65. The van der Waals surface area contributed by atoms with Crippen LogP contribution in [0.5, 0.6) is 11.5 Å². The topological polar surface area (TPSA) is 47.6 Å². The average molecular weight is 275 g/mol. The fraction of sp³-hybridized carbons (Fsp3) is 0.562. The third kappa shape index (κ3) is 2.60. The molecule has 4 nitrogen and oxygen atoms in total. The maximum Gasteiger partial charge on any atom is 0.227 e. The summed E-state index contributed by atoms with van der Waals surface area (Å²) in [5.74, 6) is 1.59. The first-order valence-corrected chi connectivity index (χ1v) is 7.40.